The Morgan fingerprint density at radius 2 is 2.12 bits per heavy atom. The van der Waals surface area contributed by atoms with Crippen LogP contribution in [0.3, 0.4) is 0 Å². The van der Waals surface area contributed by atoms with Crippen molar-refractivity contribution in [1.82, 2.24) is 0 Å². The molecule has 3 heteroatoms. The van der Waals surface area contributed by atoms with Gasteiger partial charge in [0, 0.05) is 12.1 Å². The Hall–Kier alpha value is -1.95. The second-order valence-corrected chi connectivity index (χ2v) is 4.80. The minimum atomic E-state index is -0.527. The van der Waals surface area contributed by atoms with Crippen LogP contribution in [-0.4, -0.2) is 11.6 Å². The lowest BCUT2D eigenvalue weighted by Gasteiger charge is -2.20. The third-order valence-corrected chi connectivity index (χ3v) is 2.04. The fourth-order valence-electron chi connectivity index (χ4n) is 1.36. The molecule has 1 aromatic rings. The number of anilines is 1. The SMILES string of the molecule is C#CCc1ccc(C(=O)OC(C)(C)C)c(N)c1. The Labute approximate surface area is 102 Å². The van der Waals surface area contributed by atoms with Crippen LogP contribution in [0, 0.1) is 12.3 Å². The van der Waals surface area contributed by atoms with Crippen LogP contribution >= 0.6 is 0 Å². The molecule has 0 heterocycles. The van der Waals surface area contributed by atoms with Crippen molar-refractivity contribution in [3.05, 3.63) is 29.3 Å². The number of rotatable bonds is 2. The molecule has 0 fully saturated rings. The average molecular weight is 231 g/mol. The molecule has 2 N–H and O–H groups in total. The maximum Gasteiger partial charge on any atom is 0.340 e. The summed E-state index contributed by atoms with van der Waals surface area (Å²) in [5.41, 5.74) is 6.96. The zero-order valence-electron chi connectivity index (χ0n) is 10.4. The van der Waals surface area contributed by atoms with Crippen molar-refractivity contribution in [2.24, 2.45) is 0 Å². The van der Waals surface area contributed by atoms with Gasteiger partial charge in [-0.25, -0.2) is 4.79 Å². The van der Waals surface area contributed by atoms with Crippen LogP contribution in [-0.2, 0) is 11.2 Å². The van der Waals surface area contributed by atoms with Crippen LogP contribution in [0.5, 0.6) is 0 Å². The van der Waals surface area contributed by atoms with Crippen LogP contribution in [0.1, 0.15) is 36.7 Å². The van der Waals surface area contributed by atoms with Gasteiger partial charge in [-0.15, -0.1) is 12.3 Å². The second kappa shape index (κ2) is 4.92. The maximum absolute atomic E-state index is 11.8. The van der Waals surface area contributed by atoms with Gasteiger partial charge < -0.3 is 10.5 Å². The molecular weight excluding hydrogens is 214 g/mol. The molecule has 0 aromatic heterocycles. The van der Waals surface area contributed by atoms with Gasteiger partial charge in [-0.1, -0.05) is 6.07 Å². The molecule has 17 heavy (non-hydrogen) atoms. The van der Waals surface area contributed by atoms with Gasteiger partial charge in [-0.05, 0) is 38.5 Å². The summed E-state index contributed by atoms with van der Waals surface area (Å²) in [4.78, 5) is 11.8. The van der Waals surface area contributed by atoms with Crippen LogP contribution in [0.15, 0.2) is 18.2 Å². The van der Waals surface area contributed by atoms with E-state index < -0.39 is 11.6 Å². The van der Waals surface area contributed by atoms with Gasteiger partial charge in [-0.3, -0.25) is 0 Å². The van der Waals surface area contributed by atoms with E-state index in [-0.39, 0.29) is 0 Å². The van der Waals surface area contributed by atoms with Crippen molar-refractivity contribution in [3.63, 3.8) is 0 Å². The molecule has 0 amide bonds. The molecule has 3 nitrogen and oxygen atoms in total. The van der Waals surface area contributed by atoms with E-state index in [1.165, 1.54) is 0 Å². The van der Waals surface area contributed by atoms with Crippen molar-refractivity contribution in [2.45, 2.75) is 32.8 Å². The number of nitrogen functional groups attached to an aromatic ring is 1. The lowest BCUT2D eigenvalue weighted by Crippen LogP contribution is -2.24. The van der Waals surface area contributed by atoms with Gasteiger partial charge in [0.1, 0.15) is 5.60 Å². The van der Waals surface area contributed by atoms with E-state index in [4.69, 9.17) is 16.9 Å². The van der Waals surface area contributed by atoms with E-state index in [0.717, 1.165) is 5.56 Å². The molecule has 0 aliphatic carbocycles. The van der Waals surface area contributed by atoms with Gasteiger partial charge in [0.15, 0.2) is 0 Å². The third kappa shape index (κ3) is 3.84. The lowest BCUT2D eigenvalue weighted by atomic mass is 10.1. The first-order valence-electron chi connectivity index (χ1n) is 5.38. The van der Waals surface area contributed by atoms with Crippen molar-refractivity contribution in [3.8, 4) is 12.3 Å². The monoisotopic (exact) mass is 231 g/mol. The van der Waals surface area contributed by atoms with Crippen molar-refractivity contribution in [2.75, 3.05) is 5.73 Å². The standard InChI is InChI=1S/C14H17NO2/c1-5-6-10-7-8-11(12(15)9-10)13(16)17-14(2,3)4/h1,7-9H,6,15H2,2-4H3. The fraction of sp³-hybridized carbons (Fsp3) is 0.357. The summed E-state index contributed by atoms with van der Waals surface area (Å²) < 4.78 is 5.25. The van der Waals surface area contributed by atoms with E-state index in [1.807, 2.05) is 20.8 Å². The minimum Gasteiger partial charge on any atom is -0.456 e. The summed E-state index contributed by atoms with van der Waals surface area (Å²) in [5, 5.41) is 0. The van der Waals surface area contributed by atoms with E-state index in [2.05, 4.69) is 5.92 Å². The van der Waals surface area contributed by atoms with Crippen LogP contribution in [0.4, 0.5) is 5.69 Å². The molecular formula is C14H17NO2. The molecule has 0 saturated heterocycles. The highest BCUT2D eigenvalue weighted by Crippen LogP contribution is 2.19. The first kappa shape index (κ1) is 13.1. The first-order valence-corrected chi connectivity index (χ1v) is 5.38. The highest BCUT2D eigenvalue weighted by atomic mass is 16.6. The highest BCUT2D eigenvalue weighted by Gasteiger charge is 2.19. The fourth-order valence-corrected chi connectivity index (χ4v) is 1.36. The number of carbonyl (C=O) groups is 1. The summed E-state index contributed by atoms with van der Waals surface area (Å²) in [6.45, 7) is 5.44. The number of benzene rings is 1. The number of esters is 1. The van der Waals surface area contributed by atoms with Crippen LogP contribution in [0.25, 0.3) is 0 Å². The van der Waals surface area contributed by atoms with Crippen LogP contribution in [0.2, 0.25) is 0 Å². The van der Waals surface area contributed by atoms with Gasteiger partial charge >= 0.3 is 5.97 Å². The summed E-state index contributed by atoms with van der Waals surface area (Å²) >= 11 is 0. The highest BCUT2D eigenvalue weighted by molar-refractivity contribution is 5.95. The predicted molar refractivity (Wildman–Crippen MR) is 68.6 cm³/mol. The number of hydrogen-bond acceptors (Lipinski definition) is 3. The van der Waals surface area contributed by atoms with Gasteiger partial charge in [0.05, 0.1) is 5.56 Å². The summed E-state index contributed by atoms with van der Waals surface area (Å²) in [7, 11) is 0. The molecule has 1 aromatic carbocycles. The lowest BCUT2D eigenvalue weighted by molar-refractivity contribution is 0.00708. The quantitative estimate of drug-likeness (QED) is 0.483. The second-order valence-electron chi connectivity index (χ2n) is 4.80. The Morgan fingerprint density at radius 1 is 1.47 bits per heavy atom. The van der Waals surface area contributed by atoms with Crippen molar-refractivity contribution < 1.29 is 9.53 Å². The molecule has 0 aliphatic rings. The van der Waals surface area contributed by atoms with E-state index in [1.54, 1.807) is 18.2 Å². The van der Waals surface area contributed by atoms with Gasteiger partial charge in [-0.2, -0.15) is 0 Å². The molecule has 0 spiro atoms. The molecule has 0 atom stereocenters. The number of carbonyl (C=O) groups excluding carboxylic acids is 1. The van der Waals surface area contributed by atoms with Crippen molar-refractivity contribution >= 4 is 11.7 Å². The van der Waals surface area contributed by atoms with Gasteiger partial charge in [0.25, 0.3) is 0 Å². The molecule has 0 saturated carbocycles. The minimum absolute atomic E-state index is 0.376. The third-order valence-electron chi connectivity index (χ3n) is 2.04. The molecule has 1 rings (SSSR count). The first-order chi connectivity index (χ1) is 7.83. The Kier molecular flexibility index (Phi) is 3.80. The summed E-state index contributed by atoms with van der Waals surface area (Å²) in [6.07, 6.45) is 5.71. The molecule has 90 valence electrons. The number of ether oxygens (including phenoxy) is 1. The van der Waals surface area contributed by atoms with E-state index in [9.17, 15) is 4.79 Å². The zero-order chi connectivity index (χ0) is 13.1. The molecule has 0 unspecified atom stereocenters. The normalized spacial score (nSPS) is 10.7. The van der Waals surface area contributed by atoms with Crippen LogP contribution < -0.4 is 5.73 Å². The number of hydrogen-bond donors (Lipinski definition) is 1. The Balaban J connectivity index is 2.93. The zero-order valence-corrected chi connectivity index (χ0v) is 10.4. The molecule has 0 aliphatic heterocycles. The number of terminal acetylenes is 1. The maximum atomic E-state index is 11.8. The number of nitrogens with two attached hydrogens (primary N) is 1. The summed E-state index contributed by atoms with van der Waals surface area (Å²) in [5.74, 6) is 2.11. The average Bonchev–Trinajstić information content (AvgIpc) is 2.15. The summed E-state index contributed by atoms with van der Waals surface area (Å²) in [6, 6.07) is 5.14. The Morgan fingerprint density at radius 3 is 2.59 bits per heavy atom. The topological polar surface area (TPSA) is 52.3 Å². The van der Waals surface area contributed by atoms with Gasteiger partial charge in [0.2, 0.25) is 0 Å². The van der Waals surface area contributed by atoms with E-state index in [0.29, 0.717) is 17.7 Å². The Bertz CT molecular complexity index is 464. The largest absolute Gasteiger partial charge is 0.456 e. The molecule has 0 radical (unpaired) electrons. The molecule has 0 bridgehead atoms. The van der Waals surface area contributed by atoms with Crippen molar-refractivity contribution in [1.29, 1.82) is 0 Å². The smallest absolute Gasteiger partial charge is 0.340 e. The van der Waals surface area contributed by atoms with E-state index >= 15 is 0 Å². The predicted octanol–water partition coefficient (Wildman–Crippen LogP) is 2.40.